The van der Waals surface area contributed by atoms with Crippen molar-refractivity contribution in [3.8, 4) is 0 Å². The van der Waals surface area contributed by atoms with Gasteiger partial charge in [-0.25, -0.2) is 4.79 Å². The van der Waals surface area contributed by atoms with Gasteiger partial charge < -0.3 is 19.4 Å². The third-order valence-electron chi connectivity index (χ3n) is 4.71. The first-order valence-electron chi connectivity index (χ1n) is 8.41. The Morgan fingerprint density at radius 3 is 2.27 bits per heavy atom. The van der Waals surface area contributed by atoms with Crippen LogP contribution in [-0.2, 0) is 9.53 Å². The number of amides is 3. The molecule has 22 heavy (non-hydrogen) atoms. The SMILES string of the molecule is COCCCN(C)C(=O)C1CCN(C(=O)N2CCCC2)CC1. The quantitative estimate of drug-likeness (QED) is 0.721. The smallest absolute Gasteiger partial charge is 0.319 e. The molecule has 0 saturated carbocycles. The summed E-state index contributed by atoms with van der Waals surface area (Å²) in [5.74, 6) is 0.277. The fourth-order valence-electron chi connectivity index (χ4n) is 3.29. The Morgan fingerprint density at radius 2 is 1.68 bits per heavy atom. The first-order valence-corrected chi connectivity index (χ1v) is 8.41. The first-order chi connectivity index (χ1) is 10.6. The number of methoxy groups -OCH3 is 1. The molecule has 0 unspecified atom stereocenters. The lowest BCUT2D eigenvalue weighted by Crippen LogP contribution is -2.48. The average Bonchev–Trinajstić information content (AvgIpc) is 3.08. The Hall–Kier alpha value is -1.30. The summed E-state index contributed by atoms with van der Waals surface area (Å²) in [6, 6.07) is 0.164. The van der Waals surface area contributed by atoms with Crippen molar-refractivity contribution in [2.24, 2.45) is 5.92 Å². The zero-order chi connectivity index (χ0) is 15.9. The van der Waals surface area contributed by atoms with Gasteiger partial charge in [0.05, 0.1) is 0 Å². The van der Waals surface area contributed by atoms with E-state index >= 15 is 0 Å². The van der Waals surface area contributed by atoms with Crippen molar-refractivity contribution in [1.29, 1.82) is 0 Å². The molecule has 0 radical (unpaired) electrons. The lowest BCUT2D eigenvalue weighted by atomic mass is 9.95. The second-order valence-electron chi connectivity index (χ2n) is 6.34. The molecular formula is C16H29N3O3. The molecule has 0 spiro atoms. The van der Waals surface area contributed by atoms with Gasteiger partial charge in [-0.3, -0.25) is 4.79 Å². The number of hydrogen-bond acceptors (Lipinski definition) is 3. The van der Waals surface area contributed by atoms with Crippen molar-refractivity contribution in [2.45, 2.75) is 32.1 Å². The van der Waals surface area contributed by atoms with Crippen LogP contribution in [-0.4, -0.2) is 80.1 Å². The molecule has 0 aliphatic carbocycles. The zero-order valence-corrected chi connectivity index (χ0v) is 13.9. The molecule has 2 rings (SSSR count). The van der Waals surface area contributed by atoms with Gasteiger partial charge in [-0.05, 0) is 32.1 Å². The Morgan fingerprint density at radius 1 is 1.09 bits per heavy atom. The molecule has 126 valence electrons. The normalized spacial score (nSPS) is 19.5. The number of carbonyl (C=O) groups excluding carboxylic acids is 2. The predicted octanol–water partition coefficient (Wildman–Crippen LogP) is 1.41. The minimum atomic E-state index is 0.0650. The number of urea groups is 1. The van der Waals surface area contributed by atoms with E-state index in [1.54, 1.807) is 7.11 Å². The van der Waals surface area contributed by atoms with Crippen LogP contribution in [0.2, 0.25) is 0 Å². The number of hydrogen-bond donors (Lipinski definition) is 0. The van der Waals surface area contributed by atoms with Gasteiger partial charge in [0, 0.05) is 59.4 Å². The highest BCUT2D eigenvalue weighted by atomic mass is 16.5. The van der Waals surface area contributed by atoms with Crippen LogP contribution in [0.5, 0.6) is 0 Å². The molecule has 0 N–H and O–H groups in total. The molecule has 2 saturated heterocycles. The summed E-state index contributed by atoms with van der Waals surface area (Å²) in [4.78, 5) is 30.4. The van der Waals surface area contributed by atoms with Crippen LogP contribution in [0, 0.1) is 5.92 Å². The van der Waals surface area contributed by atoms with E-state index in [1.165, 1.54) is 0 Å². The van der Waals surface area contributed by atoms with E-state index in [9.17, 15) is 9.59 Å². The molecule has 3 amide bonds. The van der Waals surface area contributed by atoms with Crippen LogP contribution < -0.4 is 0 Å². The van der Waals surface area contributed by atoms with Crippen LogP contribution in [0.25, 0.3) is 0 Å². The maximum atomic E-state index is 12.4. The number of carbonyl (C=O) groups is 2. The Labute approximate surface area is 133 Å². The average molecular weight is 311 g/mol. The van der Waals surface area contributed by atoms with E-state index in [-0.39, 0.29) is 17.9 Å². The third-order valence-corrected chi connectivity index (χ3v) is 4.71. The summed E-state index contributed by atoms with van der Waals surface area (Å²) in [5.41, 5.74) is 0. The van der Waals surface area contributed by atoms with E-state index in [0.717, 1.165) is 51.7 Å². The second-order valence-corrected chi connectivity index (χ2v) is 6.34. The van der Waals surface area contributed by atoms with Gasteiger partial charge in [-0.1, -0.05) is 0 Å². The third kappa shape index (κ3) is 4.35. The number of likely N-dealkylation sites (tertiary alicyclic amines) is 2. The Balaban J connectivity index is 1.73. The van der Waals surface area contributed by atoms with Crippen LogP contribution in [0.1, 0.15) is 32.1 Å². The minimum absolute atomic E-state index is 0.0650. The standard InChI is InChI=1S/C16H29N3O3/c1-17(8-5-13-22-2)15(20)14-6-11-19(12-7-14)16(21)18-9-3-4-10-18/h14H,3-13H2,1-2H3. The fraction of sp³-hybridized carbons (Fsp3) is 0.875. The van der Waals surface area contributed by atoms with Crippen molar-refractivity contribution in [1.82, 2.24) is 14.7 Å². The van der Waals surface area contributed by atoms with Crippen molar-refractivity contribution >= 4 is 11.9 Å². The van der Waals surface area contributed by atoms with E-state index in [2.05, 4.69) is 0 Å². The van der Waals surface area contributed by atoms with Gasteiger partial charge in [-0.15, -0.1) is 0 Å². The summed E-state index contributed by atoms with van der Waals surface area (Å²) in [6.45, 7) is 4.61. The predicted molar refractivity (Wildman–Crippen MR) is 84.6 cm³/mol. The molecule has 0 atom stereocenters. The summed E-state index contributed by atoms with van der Waals surface area (Å²) >= 11 is 0. The van der Waals surface area contributed by atoms with Crippen molar-refractivity contribution in [3.05, 3.63) is 0 Å². The highest BCUT2D eigenvalue weighted by molar-refractivity contribution is 5.79. The fourth-order valence-corrected chi connectivity index (χ4v) is 3.29. The zero-order valence-electron chi connectivity index (χ0n) is 13.9. The summed E-state index contributed by atoms with van der Waals surface area (Å²) < 4.78 is 5.02. The molecule has 0 aromatic carbocycles. The molecule has 2 aliphatic rings. The van der Waals surface area contributed by atoms with Crippen molar-refractivity contribution in [2.75, 3.05) is 53.5 Å². The number of rotatable bonds is 5. The first kappa shape index (κ1) is 17.1. The molecule has 0 aromatic rings. The van der Waals surface area contributed by atoms with Crippen molar-refractivity contribution in [3.63, 3.8) is 0 Å². The van der Waals surface area contributed by atoms with Gasteiger partial charge in [-0.2, -0.15) is 0 Å². The molecule has 2 aliphatic heterocycles. The second kappa shape index (κ2) is 8.36. The molecule has 2 heterocycles. The largest absolute Gasteiger partial charge is 0.385 e. The van der Waals surface area contributed by atoms with E-state index in [1.807, 2.05) is 21.7 Å². The molecule has 0 bridgehead atoms. The Kier molecular flexibility index (Phi) is 6.49. The van der Waals surface area contributed by atoms with Gasteiger partial charge >= 0.3 is 6.03 Å². The van der Waals surface area contributed by atoms with Gasteiger partial charge in [0.15, 0.2) is 0 Å². The lowest BCUT2D eigenvalue weighted by molar-refractivity contribution is -0.135. The van der Waals surface area contributed by atoms with E-state index < -0.39 is 0 Å². The molecule has 2 fully saturated rings. The van der Waals surface area contributed by atoms with Gasteiger partial charge in [0.2, 0.25) is 5.91 Å². The van der Waals surface area contributed by atoms with E-state index in [0.29, 0.717) is 19.7 Å². The molecular weight excluding hydrogens is 282 g/mol. The summed E-state index contributed by atoms with van der Waals surface area (Å²) in [5, 5.41) is 0. The maximum Gasteiger partial charge on any atom is 0.319 e. The van der Waals surface area contributed by atoms with Crippen LogP contribution in [0.4, 0.5) is 4.79 Å². The Bertz CT molecular complexity index is 375. The monoisotopic (exact) mass is 311 g/mol. The maximum absolute atomic E-state index is 12.4. The van der Waals surface area contributed by atoms with E-state index in [4.69, 9.17) is 4.74 Å². The van der Waals surface area contributed by atoms with Crippen LogP contribution >= 0.6 is 0 Å². The minimum Gasteiger partial charge on any atom is -0.385 e. The van der Waals surface area contributed by atoms with Crippen molar-refractivity contribution < 1.29 is 14.3 Å². The summed E-state index contributed by atoms with van der Waals surface area (Å²) in [7, 11) is 3.54. The highest BCUT2D eigenvalue weighted by Crippen LogP contribution is 2.21. The van der Waals surface area contributed by atoms with Gasteiger partial charge in [0.25, 0.3) is 0 Å². The number of nitrogens with zero attached hydrogens (tertiary/aromatic N) is 3. The molecule has 0 aromatic heterocycles. The highest BCUT2D eigenvalue weighted by Gasteiger charge is 2.31. The number of ether oxygens (including phenoxy) is 1. The van der Waals surface area contributed by atoms with Crippen LogP contribution in [0.3, 0.4) is 0 Å². The molecule has 6 heteroatoms. The molecule has 6 nitrogen and oxygen atoms in total. The summed E-state index contributed by atoms with van der Waals surface area (Å²) in [6.07, 6.45) is 4.67. The lowest BCUT2D eigenvalue weighted by Gasteiger charge is -2.35. The van der Waals surface area contributed by atoms with Crippen LogP contribution in [0.15, 0.2) is 0 Å². The van der Waals surface area contributed by atoms with Gasteiger partial charge in [0.1, 0.15) is 0 Å². The number of piperidine rings is 1. The topological polar surface area (TPSA) is 53.1 Å².